The number of rotatable bonds is 6. The van der Waals surface area contributed by atoms with Crippen LogP contribution in [0.2, 0.25) is 0 Å². The summed E-state index contributed by atoms with van der Waals surface area (Å²) in [4.78, 5) is 28.7. The van der Waals surface area contributed by atoms with E-state index in [0.717, 1.165) is 24.3 Å². The molecule has 0 aromatic carbocycles. The summed E-state index contributed by atoms with van der Waals surface area (Å²) in [5.74, 6) is 1.20. The first-order valence-electron chi connectivity index (χ1n) is 10.9. The molecule has 154 valence electrons. The number of nitrogens with zero attached hydrogens (tertiary/aromatic N) is 2. The number of pyridine rings is 1. The van der Waals surface area contributed by atoms with Gasteiger partial charge in [0.2, 0.25) is 0 Å². The highest BCUT2D eigenvalue weighted by atomic mass is 16.4. The maximum absolute atomic E-state index is 13.0. The molecule has 1 unspecified atom stereocenters. The van der Waals surface area contributed by atoms with Crippen molar-refractivity contribution in [2.24, 2.45) is 29.1 Å². The van der Waals surface area contributed by atoms with Crippen molar-refractivity contribution >= 4 is 17.5 Å². The van der Waals surface area contributed by atoms with Gasteiger partial charge in [-0.15, -0.1) is 0 Å². The molecule has 4 fully saturated rings. The van der Waals surface area contributed by atoms with Crippen LogP contribution in [0.25, 0.3) is 5.65 Å². The quantitative estimate of drug-likeness (QED) is 0.784. The number of fused-ring (bicyclic) bond motifs is 1. The van der Waals surface area contributed by atoms with E-state index < -0.39 is 11.9 Å². The van der Waals surface area contributed by atoms with Crippen molar-refractivity contribution in [2.75, 3.05) is 6.54 Å². The Balaban J connectivity index is 1.32. The number of carbonyl (C=O) groups excluding carboxylic acids is 1. The van der Waals surface area contributed by atoms with Gasteiger partial charge in [0.15, 0.2) is 0 Å². The lowest BCUT2D eigenvalue weighted by Gasteiger charge is -2.56. The zero-order valence-corrected chi connectivity index (χ0v) is 16.9. The summed E-state index contributed by atoms with van der Waals surface area (Å²) in [5.41, 5.74) is 2.24. The van der Waals surface area contributed by atoms with Gasteiger partial charge in [-0.3, -0.25) is 14.0 Å². The number of hydrogen-bond acceptors (Lipinski definition) is 3. The van der Waals surface area contributed by atoms with E-state index in [1.165, 1.54) is 38.5 Å². The average molecular weight is 396 g/mol. The van der Waals surface area contributed by atoms with Crippen LogP contribution in [0.5, 0.6) is 0 Å². The van der Waals surface area contributed by atoms with E-state index in [0.29, 0.717) is 28.9 Å². The topological polar surface area (TPSA) is 83.7 Å². The molecular weight excluding hydrogens is 366 g/mol. The molecule has 2 heterocycles. The van der Waals surface area contributed by atoms with E-state index in [2.05, 4.69) is 10.3 Å². The number of aliphatic carboxylic acids is 1. The Morgan fingerprint density at radius 1 is 1.21 bits per heavy atom. The Morgan fingerprint density at radius 3 is 2.48 bits per heavy atom. The van der Waals surface area contributed by atoms with Crippen molar-refractivity contribution < 1.29 is 14.7 Å². The number of carboxylic acid groups (broad SMARTS) is 1. The van der Waals surface area contributed by atoms with Crippen molar-refractivity contribution in [1.82, 2.24) is 14.7 Å². The minimum atomic E-state index is -0.837. The SMILES string of the molecule is CC(Cc1cn2c(C(=O)NCC34CC5CC(CC(C5)C3)C4)cccc2n1)C(=O)O. The summed E-state index contributed by atoms with van der Waals surface area (Å²) in [6.45, 7) is 2.44. The fourth-order valence-electron chi connectivity index (χ4n) is 6.61. The Bertz CT molecular complexity index is 928. The summed E-state index contributed by atoms with van der Waals surface area (Å²) < 4.78 is 1.79. The van der Waals surface area contributed by atoms with Gasteiger partial charge in [-0.25, -0.2) is 4.98 Å². The highest BCUT2D eigenvalue weighted by molar-refractivity contribution is 5.93. The van der Waals surface area contributed by atoms with Gasteiger partial charge >= 0.3 is 5.97 Å². The first-order chi connectivity index (χ1) is 13.9. The fourth-order valence-corrected chi connectivity index (χ4v) is 6.61. The minimum Gasteiger partial charge on any atom is -0.481 e. The smallest absolute Gasteiger partial charge is 0.306 e. The van der Waals surface area contributed by atoms with Crippen molar-refractivity contribution in [1.29, 1.82) is 0 Å². The van der Waals surface area contributed by atoms with E-state index >= 15 is 0 Å². The minimum absolute atomic E-state index is 0.0680. The van der Waals surface area contributed by atoms with E-state index in [-0.39, 0.29) is 5.91 Å². The third-order valence-corrected chi connectivity index (χ3v) is 7.50. The highest BCUT2D eigenvalue weighted by Gasteiger charge is 2.50. The van der Waals surface area contributed by atoms with Crippen LogP contribution in [-0.4, -0.2) is 32.9 Å². The Labute approximate surface area is 170 Å². The van der Waals surface area contributed by atoms with Crippen LogP contribution in [0, 0.1) is 29.1 Å². The van der Waals surface area contributed by atoms with E-state index in [9.17, 15) is 9.59 Å². The summed E-state index contributed by atoms with van der Waals surface area (Å²) in [6.07, 6.45) is 10.2. The van der Waals surface area contributed by atoms with Crippen LogP contribution < -0.4 is 5.32 Å². The first-order valence-corrected chi connectivity index (χ1v) is 10.9. The monoisotopic (exact) mass is 395 g/mol. The van der Waals surface area contributed by atoms with Crippen molar-refractivity contribution in [3.63, 3.8) is 0 Å². The number of imidazole rings is 1. The van der Waals surface area contributed by atoms with E-state index in [1.807, 2.05) is 18.2 Å². The summed E-state index contributed by atoms with van der Waals surface area (Å²) in [6, 6.07) is 5.51. The lowest BCUT2D eigenvalue weighted by atomic mass is 9.49. The molecule has 6 nitrogen and oxygen atoms in total. The average Bonchev–Trinajstić information content (AvgIpc) is 3.07. The Kier molecular flexibility index (Phi) is 4.41. The van der Waals surface area contributed by atoms with Crippen LogP contribution in [0.3, 0.4) is 0 Å². The predicted molar refractivity (Wildman–Crippen MR) is 109 cm³/mol. The van der Waals surface area contributed by atoms with Gasteiger partial charge in [0.25, 0.3) is 5.91 Å². The second-order valence-electron chi connectivity index (χ2n) is 9.92. The number of amides is 1. The summed E-state index contributed by atoms with van der Waals surface area (Å²) in [7, 11) is 0. The molecule has 0 spiro atoms. The lowest BCUT2D eigenvalue weighted by Crippen LogP contribution is -2.51. The number of carbonyl (C=O) groups is 2. The number of hydrogen-bond donors (Lipinski definition) is 2. The number of nitrogens with one attached hydrogen (secondary N) is 1. The Morgan fingerprint density at radius 2 is 1.86 bits per heavy atom. The molecular formula is C23H29N3O3. The summed E-state index contributed by atoms with van der Waals surface area (Å²) in [5, 5.41) is 12.4. The maximum Gasteiger partial charge on any atom is 0.306 e. The van der Waals surface area contributed by atoms with Gasteiger partial charge in [-0.05, 0) is 73.8 Å². The standard InChI is InChI=1S/C23H29N3O3/c1-14(22(28)29)5-18-12-26-19(3-2-4-20(26)25-18)21(27)24-13-23-9-15-6-16(10-23)8-17(7-15)11-23/h2-4,12,14-17H,5-11,13H2,1H3,(H,24,27)(H,28,29). The van der Waals surface area contributed by atoms with Crippen molar-refractivity contribution in [2.45, 2.75) is 51.9 Å². The number of aromatic nitrogens is 2. The molecule has 1 amide bonds. The molecule has 6 rings (SSSR count). The third kappa shape index (κ3) is 3.43. The van der Waals surface area contributed by atoms with E-state index in [4.69, 9.17) is 5.11 Å². The highest BCUT2D eigenvalue weighted by Crippen LogP contribution is 2.59. The predicted octanol–water partition coefficient (Wildman–Crippen LogP) is 3.54. The van der Waals surface area contributed by atoms with Gasteiger partial charge in [-0.1, -0.05) is 13.0 Å². The van der Waals surface area contributed by atoms with Crippen molar-refractivity contribution in [3.05, 3.63) is 35.8 Å². The third-order valence-electron chi connectivity index (χ3n) is 7.50. The lowest BCUT2D eigenvalue weighted by molar-refractivity contribution is -0.141. The molecule has 0 saturated heterocycles. The fraction of sp³-hybridized carbons (Fsp3) is 0.609. The largest absolute Gasteiger partial charge is 0.481 e. The second-order valence-corrected chi connectivity index (χ2v) is 9.92. The van der Waals surface area contributed by atoms with Crippen LogP contribution in [-0.2, 0) is 11.2 Å². The van der Waals surface area contributed by atoms with Gasteiger partial charge in [0.1, 0.15) is 11.3 Å². The van der Waals surface area contributed by atoms with Gasteiger partial charge < -0.3 is 10.4 Å². The Hall–Kier alpha value is -2.37. The molecule has 2 N–H and O–H groups in total. The molecule has 2 aromatic heterocycles. The molecule has 6 heteroatoms. The molecule has 29 heavy (non-hydrogen) atoms. The van der Waals surface area contributed by atoms with Crippen LogP contribution in [0.15, 0.2) is 24.4 Å². The van der Waals surface area contributed by atoms with Crippen LogP contribution >= 0.6 is 0 Å². The molecule has 2 aromatic rings. The van der Waals surface area contributed by atoms with Gasteiger partial charge in [0, 0.05) is 19.2 Å². The van der Waals surface area contributed by atoms with Crippen LogP contribution in [0.4, 0.5) is 0 Å². The summed E-state index contributed by atoms with van der Waals surface area (Å²) >= 11 is 0. The number of carboxylic acids is 1. The van der Waals surface area contributed by atoms with Crippen LogP contribution in [0.1, 0.15) is 61.6 Å². The molecule has 4 saturated carbocycles. The normalized spacial score (nSPS) is 31.1. The molecule has 0 radical (unpaired) electrons. The maximum atomic E-state index is 13.0. The first kappa shape index (κ1) is 18.6. The zero-order valence-electron chi connectivity index (χ0n) is 16.9. The second kappa shape index (κ2) is 6.85. The van der Waals surface area contributed by atoms with Crippen molar-refractivity contribution in [3.8, 4) is 0 Å². The molecule has 4 bridgehead atoms. The molecule has 4 aliphatic carbocycles. The molecule has 4 aliphatic rings. The van der Waals surface area contributed by atoms with Gasteiger partial charge in [0.05, 0.1) is 11.6 Å². The molecule has 0 aliphatic heterocycles. The molecule has 1 atom stereocenters. The van der Waals surface area contributed by atoms with Gasteiger partial charge in [-0.2, -0.15) is 0 Å². The van der Waals surface area contributed by atoms with E-state index in [1.54, 1.807) is 17.5 Å². The zero-order chi connectivity index (χ0) is 20.2.